The first-order valence-electron chi connectivity index (χ1n) is 6.78. The Morgan fingerprint density at radius 3 is 2.55 bits per heavy atom. The number of piperazine rings is 1. The molecule has 0 amide bonds. The molecule has 1 saturated heterocycles. The lowest BCUT2D eigenvalue weighted by atomic mass is 10.2. The van der Waals surface area contributed by atoms with Crippen LogP contribution in [0, 0.1) is 0 Å². The molecule has 0 radical (unpaired) electrons. The summed E-state index contributed by atoms with van der Waals surface area (Å²) in [5.41, 5.74) is 0.980. The highest BCUT2D eigenvalue weighted by Gasteiger charge is 2.18. The molecule has 0 aliphatic carbocycles. The van der Waals surface area contributed by atoms with E-state index in [9.17, 15) is 5.11 Å². The van der Waals surface area contributed by atoms with Crippen LogP contribution >= 0.6 is 11.6 Å². The van der Waals surface area contributed by atoms with Crippen LogP contribution in [0.25, 0.3) is 0 Å². The van der Waals surface area contributed by atoms with E-state index in [-0.39, 0.29) is 13.3 Å². The highest BCUT2D eigenvalue weighted by molar-refractivity contribution is 6.33. The Morgan fingerprint density at radius 2 is 2.00 bits per heavy atom. The monoisotopic (exact) mass is 300 g/mol. The highest BCUT2D eigenvalue weighted by Crippen LogP contribution is 2.30. The summed E-state index contributed by atoms with van der Waals surface area (Å²) < 4.78 is 5.43. The number of aliphatic hydroxyl groups excluding tert-OH is 2. The summed E-state index contributed by atoms with van der Waals surface area (Å²) in [7, 11) is 0. The maximum atomic E-state index is 9.20. The molecule has 5 nitrogen and oxygen atoms in total. The van der Waals surface area contributed by atoms with Crippen molar-refractivity contribution >= 4 is 17.3 Å². The highest BCUT2D eigenvalue weighted by atomic mass is 35.5. The zero-order valence-corrected chi connectivity index (χ0v) is 12.4. The maximum Gasteiger partial charge on any atom is 0.121 e. The van der Waals surface area contributed by atoms with Gasteiger partial charge in [0.2, 0.25) is 0 Å². The molecule has 1 fully saturated rings. The van der Waals surface area contributed by atoms with Crippen LogP contribution < -0.4 is 9.64 Å². The standard InChI is InChI=1S/C14H21ClN2O3/c1-11(19)9-20-12-2-3-14(13(15)8-12)17-6-4-16(10-18)5-7-17/h2-3,8,11,18-19H,4-7,9-10H2,1H3/t11-/m1/s1. The fourth-order valence-electron chi connectivity index (χ4n) is 2.18. The average molecular weight is 301 g/mol. The number of aliphatic hydroxyl groups is 2. The molecular weight excluding hydrogens is 280 g/mol. The second kappa shape index (κ2) is 7.13. The summed E-state index contributed by atoms with van der Waals surface area (Å²) in [6.07, 6.45) is -0.500. The van der Waals surface area contributed by atoms with Gasteiger partial charge in [-0.1, -0.05) is 11.6 Å². The van der Waals surface area contributed by atoms with Gasteiger partial charge in [0.25, 0.3) is 0 Å². The summed E-state index contributed by atoms with van der Waals surface area (Å²) in [6, 6.07) is 5.58. The summed E-state index contributed by atoms with van der Waals surface area (Å²) in [4.78, 5) is 4.19. The van der Waals surface area contributed by atoms with Gasteiger partial charge in [0, 0.05) is 32.2 Å². The predicted octanol–water partition coefficient (Wildman–Crippen LogP) is 1.17. The molecule has 2 rings (SSSR count). The molecule has 0 bridgehead atoms. The molecule has 0 aromatic heterocycles. The number of rotatable bonds is 5. The molecular formula is C14H21ClN2O3. The van der Waals surface area contributed by atoms with Gasteiger partial charge in [-0.2, -0.15) is 0 Å². The minimum atomic E-state index is -0.500. The molecule has 1 atom stereocenters. The van der Waals surface area contributed by atoms with Crippen LogP contribution in [0.3, 0.4) is 0 Å². The van der Waals surface area contributed by atoms with Crippen LogP contribution in [0.4, 0.5) is 5.69 Å². The smallest absolute Gasteiger partial charge is 0.121 e. The Morgan fingerprint density at radius 1 is 1.30 bits per heavy atom. The van der Waals surface area contributed by atoms with Gasteiger partial charge in [-0.25, -0.2) is 0 Å². The minimum Gasteiger partial charge on any atom is -0.491 e. The molecule has 6 heteroatoms. The van der Waals surface area contributed by atoms with Gasteiger partial charge in [-0.3, -0.25) is 4.90 Å². The number of benzene rings is 1. The van der Waals surface area contributed by atoms with E-state index in [1.807, 2.05) is 17.0 Å². The van der Waals surface area contributed by atoms with Crippen LogP contribution in [0.5, 0.6) is 5.75 Å². The first kappa shape index (κ1) is 15.4. The number of ether oxygens (including phenoxy) is 1. The lowest BCUT2D eigenvalue weighted by molar-refractivity contribution is 0.102. The number of hydrogen-bond acceptors (Lipinski definition) is 5. The Labute approximate surface area is 124 Å². The molecule has 1 aromatic carbocycles. The predicted molar refractivity (Wildman–Crippen MR) is 79.5 cm³/mol. The maximum absolute atomic E-state index is 9.20. The van der Waals surface area contributed by atoms with E-state index in [4.69, 9.17) is 21.4 Å². The van der Waals surface area contributed by atoms with Gasteiger partial charge < -0.3 is 19.8 Å². The molecule has 0 saturated carbocycles. The minimum absolute atomic E-state index is 0.105. The number of anilines is 1. The quantitative estimate of drug-likeness (QED) is 0.855. The van der Waals surface area contributed by atoms with Gasteiger partial charge in [0.15, 0.2) is 0 Å². The van der Waals surface area contributed by atoms with Crippen LogP contribution in [-0.4, -0.2) is 60.7 Å². The number of hydrogen-bond donors (Lipinski definition) is 2. The third kappa shape index (κ3) is 3.99. The van der Waals surface area contributed by atoms with Crippen molar-refractivity contribution in [3.63, 3.8) is 0 Å². The summed E-state index contributed by atoms with van der Waals surface area (Å²) in [6.45, 7) is 5.37. The van der Waals surface area contributed by atoms with Crippen molar-refractivity contribution in [2.24, 2.45) is 0 Å². The fraction of sp³-hybridized carbons (Fsp3) is 0.571. The summed E-state index contributed by atoms with van der Waals surface area (Å²) in [5.74, 6) is 0.661. The number of halogens is 1. The van der Waals surface area contributed by atoms with Gasteiger partial charge in [-0.05, 0) is 19.1 Å². The molecule has 0 spiro atoms. The molecule has 112 valence electrons. The normalized spacial score (nSPS) is 18.1. The summed E-state index contributed by atoms with van der Waals surface area (Å²) in [5, 5.41) is 18.9. The Balaban J connectivity index is 1.99. The van der Waals surface area contributed by atoms with Crippen molar-refractivity contribution in [1.29, 1.82) is 0 Å². The second-order valence-corrected chi connectivity index (χ2v) is 5.43. The zero-order valence-electron chi connectivity index (χ0n) is 11.6. The van der Waals surface area contributed by atoms with Crippen LogP contribution in [0.15, 0.2) is 18.2 Å². The first-order valence-corrected chi connectivity index (χ1v) is 7.16. The molecule has 1 aromatic rings. The molecule has 2 N–H and O–H groups in total. The van der Waals surface area contributed by atoms with Crippen molar-refractivity contribution < 1.29 is 14.9 Å². The summed E-state index contributed by atoms with van der Waals surface area (Å²) >= 11 is 6.30. The largest absolute Gasteiger partial charge is 0.491 e. The Hall–Kier alpha value is -1.01. The van der Waals surface area contributed by atoms with Gasteiger partial charge >= 0.3 is 0 Å². The van der Waals surface area contributed by atoms with Gasteiger partial charge in [0.1, 0.15) is 12.4 Å². The molecule has 1 aliphatic rings. The van der Waals surface area contributed by atoms with Crippen molar-refractivity contribution in [2.75, 3.05) is 44.4 Å². The van der Waals surface area contributed by atoms with E-state index in [0.717, 1.165) is 31.9 Å². The van der Waals surface area contributed by atoms with E-state index < -0.39 is 6.10 Å². The van der Waals surface area contributed by atoms with Crippen molar-refractivity contribution in [2.45, 2.75) is 13.0 Å². The fourth-order valence-corrected chi connectivity index (χ4v) is 2.47. The van der Waals surface area contributed by atoms with Crippen LogP contribution in [-0.2, 0) is 0 Å². The lowest BCUT2D eigenvalue weighted by Gasteiger charge is -2.35. The van der Waals surface area contributed by atoms with E-state index in [1.54, 1.807) is 13.0 Å². The van der Waals surface area contributed by atoms with E-state index in [0.29, 0.717) is 10.8 Å². The van der Waals surface area contributed by atoms with Gasteiger partial charge in [0.05, 0.1) is 23.5 Å². The molecule has 0 unspecified atom stereocenters. The number of nitrogens with zero attached hydrogens (tertiary/aromatic N) is 2. The molecule has 20 heavy (non-hydrogen) atoms. The van der Waals surface area contributed by atoms with E-state index in [2.05, 4.69) is 4.90 Å². The van der Waals surface area contributed by atoms with E-state index in [1.165, 1.54) is 0 Å². The van der Waals surface area contributed by atoms with Crippen molar-refractivity contribution in [3.8, 4) is 5.75 Å². The molecule has 1 heterocycles. The van der Waals surface area contributed by atoms with Crippen LogP contribution in [0.1, 0.15) is 6.92 Å². The third-order valence-corrected chi connectivity index (χ3v) is 3.63. The Kier molecular flexibility index (Phi) is 5.48. The topological polar surface area (TPSA) is 56.2 Å². The van der Waals surface area contributed by atoms with Gasteiger partial charge in [-0.15, -0.1) is 0 Å². The first-order chi connectivity index (χ1) is 9.60. The Bertz CT molecular complexity index is 434. The second-order valence-electron chi connectivity index (χ2n) is 5.02. The lowest BCUT2D eigenvalue weighted by Crippen LogP contribution is -2.46. The SMILES string of the molecule is C[C@@H](O)COc1ccc(N2CCN(CO)CC2)c(Cl)c1. The van der Waals surface area contributed by atoms with Crippen molar-refractivity contribution in [3.05, 3.63) is 23.2 Å². The van der Waals surface area contributed by atoms with Crippen LogP contribution in [0.2, 0.25) is 5.02 Å². The molecule has 1 aliphatic heterocycles. The zero-order chi connectivity index (χ0) is 14.5. The average Bonchev–Trinajstić information content (AvgIpc) is 2.45. The van der Waals surface area contributed by atoms with E-state index >= 15 is 0 Å². The third-order valence-electron chi connectivity index (χ3n) is 3.32. The van der Waals surface area contributed by atoms with Crippen molar-refractivity contribution in [1.82, 2.24) is 4.90 Å².